The summed E-state index contributed by atoms with van der Waals surface area (Å²) in [6, 6.07) is -1.38. The minimum absolute atomic E-state index is 0.940. The largest absolute Gasteiger partial charge is 0.313 e. The number of hydrogen-bond acceptors (Lipinski definition) is 3. The number of halogens is 2. The van der Waals surface area contributed by atoms with E-state index in [1.54, 1.807) is 0 Å². The fraction of sp³-hybridized carbons (Fsp3) is 0.333. The SMILES string of the molecule is NC(C(=O)Cl)C(=O)Cl. The molecule has 0 heterocycles. The van der Waals surface area contributed by atoms with Crippen molar-refractivity contribution in [2.45, 2.75) is 6.04 Å². The van der Waals surface area contributed by atoms with E-state index >= 15 is 0 Å². The molecule has 0 aromatic rings. The molecule has 0 aromatic heterocycles. The van der Waals surface area contributed by atoms with Crippen LogP contribution in [0, 0.1) is 0 Å². The first-order valence-electron chi connectivity index (χ1n) is 1.70. The van der Waals surface area contributed by atoms with Crippen LogP contribution >= 0.6 is 23.2 Å². The van der Waals surface area contributed by atoms with Gasteiger partial charge in [0.05, 0.1) is 0 Å². The topological polar surface area (TPSA) is 60.2 Å². The van der Waals surface area contributed by atoms with Gasteiger partial charge in [-0.1, -0.05) is 0 Å². The summed E-state index contributed by atoms with van der Waals surface area (Å²) in [6.07, 6.45) is 0. The highest BCUT2D eigenvalue weighted by atomic mass is 35.5. The van der Waals surface area contributed by atoms with Crippen LogP contribution in [0.4, 0.5) is 0 Å². The molecule has 0 spiro atoms. The monoisotopic (exact) mass is 155 g/mol. The van der Waals surface area contributed by atoms with Crippen molar-refractivity contribution in [1.82, 2.24) is 0 Å². The molecule has 0 aliphatic carbocycles. The second-order valence-electron chi connectivity index (χ2n) is 1.09. The minimum Gasteiger partial charge on any atom is -0.313 e. The zero-order valence-electron chi connectivity index (χ0n) is 3.73. The third kappa shape index (κ3) is 2.26. The molecule has 0 unspecified atom stereocenters. The summed E-state index contributed by atoms with van der Waals surface area (Å²) in [5.41, 5.74) is 4.80. The average Bonchev–Trinajstić information content (AvgIpc) is 1.64. The Bertz CT molecular complexity index is 110. The van der Waals surface area contributed by atoms with Crippen molar-refractivity contribution in [3.05, 3.63) is 0 Å². The van der Waals surface area contributed by atoms with Crippen molar-refractivity contribution in [1.29, 1.82) is 0 Å². The van der Waals surface area contributed by atoms with E-state index in [9.17, 15) is 9.59 Å². The fourth-order valence-electron chi connectivity index (χ4n) is 0.0892. The van der Waals surface area contributed by atoms with E-state index in [2.05, 4.69) is 0 Å². The van der Waals surface area contributed by atoms with Crippen LogP contribution in [0.25, 0.3) is 0 Å². The van der Waals surface area contributed by atoms with Crippen LogP contribution in [0.3, 0.4) is 0 Å². The Morgan fingerprint density at radius 1 is 1.25 bits per heavy atom. The molecule has 46 valence electrons. The van der Waals surface area contributed by atoms with E-state index in [1.807, 2.05) is 0 Å². The van der Waals surface area contributed by atoms with Crippen LogP contribution in [-0.4, -0.2) is 16.5 Å². The molecule has 0 radical (unpaired) electrons. The summed E-state index contributed by atoms with van der Waals surface area (Å²) < 4.78 is 0. The average molecular weight is 156 g/mol. The summed E-state index contributed by atoms with van der Waals surface area (Å²) in [5, 5.41) is -1.88. The van der Waals surface area contributed by atoms with Crippen molar-refractivity contribution in [3.8, 4) is 0 Å². The lowest BCUT2D eigenvalue weighted by Gasteiger charge is -1.94. The van der Waals surface area contributed by atoms with E-state index < -0.39 is 16.5 Å². The number of hydrogen-bond donors (Lipinski definition) is 1. The molecule has 0 rings (SSSR count). The van der Waals surface area contributed by atoms with Gasteiger partial charge in [0.25, 0.3) is 0 Å². The van der Waals surface area contributed by atoms with E-state index in [0.717, 1.165) is 0 Å². The second-order valence-corrected chi connectivity index (χ2v) is 1.83. The first-order valence-corrected chi connectivity index (χ1v) is 2.45. The summed E-state index contributed by atoms with van der Waals surface area (Å²) in [7, 11) is 0. The third-order valence-electron chi connectivity index (χ3n) is 0.489. The third-order valence-corrected chi connectivity index (χ3v) is 0.959. The quantitative estimate of drug-likeness (QED) is 0.446. The van der Waals surface area contributed by atoms with Crippen molar-refractivity contribution < 1.29 is 9.59 Å². The molecule has 0 fully saturated rings. The number of nitrogens with two attached hydrogens (primary N) is 1. The Kier molecular flexibility index (Phi) is 2.97. The molecular formula is C3H3Cl2NO2. The minimum atomic E-state index is -1.38. The molecule has 5 heteroatoms. The molecule has 0 aromatic carbocycles. The van der Waals surface area contributed by atoms with Crippen LogP contribution in [0.2, 0.25) is 0 Å². The van der Waals surface area contributed by atoms with Gasteiger partial charge in [-0.3, -0.25) is 9.59 Å². The maximum atomic E-state index is 9.92. The molecule has 8 heavy (non-hydrogen) atoms. The predicted octanol–water partition coefficient (Wildman–Crippen LogP) is -0.156. The number of rotatable bonds is 2. The van der Waals surface area contributed by atoms with Gasteiger partial charge in [-0.2, -0.15) is 0 Å². The standard InChI is InChI=1S/C3H3Cl2NO2/c4-2(7)1(6)3(5)8/h1H,6H2. The van der Waals surface area contributed by atoms with Crippen molar-refractivity contribution >= 4 is 33.7 Å². The molecule has 0 saturated carbocycles. The van der Waals surface area contributed by atoms with E-state index in [0.29, 0.717) is 0 Å². The van der Waals surface area contributed by atoms with Crippen molar-refractivity contribution in [2.24, 2.45) is 5.73 Å². The highest BCUT2D eigenvalue weighted by Crippen LogP contribution is 1.91. The molecule has 2 N–H and O–H groups in total. The van der Waals surface area contributed by atoms with Crippen LogP contribution in [0.5, 0.6) is 0 Å². The zero-order valence-corrected chi connectivity index (χ0v) is 5.24. The molecule has 3 nitrogen and oxygen atoms in total. The zero-order chi connectivity index (χ0) is 6.73. The van der Waals surface area contributed by atoms with Gasteiger partial charge in [-0.05, 0) is 23.2 Å². The lowest BCUT2D eigenvalue weighted by atomic mass is 10.4. The summed E-state index contributed by atoms with van der Waals surface area (Å²) in [6.45, 7) is 0. The molecule has 0 atom stereocenters. The summed E-state index contributed by atoms with van der Waals surface area (Å²) >= 11 is 9.51. The highest BCUT2D eigenvalue weighted by Gasteiger charge is 2.16. The highest BCUT2D eigenvalue weighted by molar-refractivity contribution is 6.74. The summed E-state index contributed by atoms with van der Waals surface area (Å²) in [5.74, 6) is 0. The number of carbonyl (C=O) groups is 2. The predicted molar refractivity (Wildman–Crippen MR) is 29.7 cm³/mol. The first kappa shape index (κ1) is 7.88. The van der Waals surface area contributed by atoms with Gasteiger partial charge in [-0.25, -0.2) is 0 Å². The Morgan fingerprint density at radius 3 is 1.50 bits per heavy atom. The van der Waals surface area contributed by atoms with Gasteiger partial charge in [0.1, 0.15) is 0 Å². The molecular weight excluding hydrogens is 153 g/mol. The van der Waals surface area contributed by atoms with Crippen LogP contribution < -0.4 is 5.73 Å². The number of carbonyl (C=O) groups excluding carboxylic acids is 2. The Labute approximate surface area is 55.7 Å². The molecule has 0 bridgehead atoms. The maximum absolute atomic E-state index is 9.92. The normalized spacial score (nSPS) is 9.50. The van der Waals surface area contributed by atoms with Gasteiger partial charge < -0.3 is 5.73 Å². The molecule has 0 amide bonds. The van der Waals surface area contributed by atoms with Gasteiger partial charge in [-0.15, -0.1) is 0 Å². The van der Waals surface area contributed by atoms with E-state index in [1.165, 1.54) is 0 Å². The fourth-order valence-corrected chi connectivity index (χ4v) is 0.343. The van der Waals surface area contributed by atoms with Crippen LogP contribution in [-0.2, 0) is 9.59 Å². The van der Waals surface area contributed by atoms with Gasteiger partial charge in [0.2, 0.25) is 10.5 Å². The molecule has 0 aliphatic heterocycles. The van der Waals surface area contributed by atoms with Gasteiger partial charge in [0.15, 0.2) is 6.04 Å². The lowest BCUT2D eigenvalue weighted by molar-refractivity contribution is -0.120. The second kappa shape index (κ2) is 3.02. The Balaban J connectivity index is 3.83. The molecule has 0 aliphatic rings. The Morgan fingerprint density at radius 2 is 1.50 bits per heavy atom. The maximum Gasteiger partial charge on any atom is 0.247 e. The smallest absolute Gasteiger partial charge is 0.247 e. The van der Waals surface area contributed by atoms with Gasteiger partial charge in [0, 0.05) is 0 Å². The van der Waals surface area contributed by atoms with Gasteiger partial charge >= 0.3 is 0 Å². The van der Waals surface area contributed by atoms with Crippen molar-refractivity contribution in [3.63, 3.8) is 0 Å². The van der Waals surface area contributed by atoms with E-state index in [4.69, 9.17) is 28.9 Å². The Hall–Kier alpha value is -0.120. The first-order chi connectivity index (χ1) is 3.55. The van der Waals surface area contributed by atoms with E-state index in [-0.39, 0.29) is 0 Å². The lowest BCUT2D eigenvalue weighted by Crippen LogP contribution is -2.32. The van der Waals surface area contributed by atoms with Crippen molar-refractivity contribution in [2.75, 3.05) is 0 Å². The molecule has 0 saturated heterocycles. The van der Waals surface area contributed by atoms with Crippen LogP contribution in [0.15, 0.2) is 0 Å². The van der Waals surface area contributed by atoms with Crippen LogP contribution in [0.1, 0.15) is 0 Å². The summed E-state index contributed by atoms with van der Waals surface area (Å²) in [4.78, 5) is 19.8.